The first-order valence-corrected chi connectivity index (χ1v) is 28.8. The highest BCUT2D eigenvalue weighted by Gasteiger charge is 2.34. The summed E-state index contributed by atoms with van der Waals surface area (Å²) in [4.78, 5) is 10.6. The molecule has 16 aromatic rings. The molecule has 16 rings (SSSR count). The van der Waals surface area contributed by atoms with E-state index in [1.165, 1.54) is 27.6 Å². The van der Waals surface area contributed by atoms with E-state index in [1.54, 1.807) is 19.1 Å². The smallest absolute Gasteiger partial charge is 0.309 e. The average Bonchev–Trinajstić information content (AvgIpc) is 1.81. The van der Waals surface area contributed by atoms with Gasteiger partial charge in [0.05, 0.1) is 55.7 Å². The predicted molar refractivity (Wildman–Crippen MR) is 347 cm³/mol. The average molecular weight is 1110 g/mol. The number of hydrogen-bond donors (Lipinski definition) is 0. The van der Waals surface area contributed by atoms with E-state index in [1.807, 2.05) is 78.9 Å². The van der Waals surface area contributed by atoms with Crippen LogP contribution in [0.25, 0.3) is 150 Å². The van der Waals surface area contributed by atoms with Crippen molar-refractivity contribution in [1.29, 1.82) is 0 Å². The van der Waals surface area contributed by atoms with Gasteiger partial charge >= 0.3 is 6.18 Å². The van der Waals surface area contributed by atoms with Crippen LogP contribution in [-0.2, 0) is 6.18 Å². The molecular formula is C78H50F3N5. The molecule has 4 heterocycles. The summed E-state index contributed by atoms with van der Waals surface area (Å²) in [7, 11) is 0. The minimum atomic E-state index is -4.56. The van der Waals surface area contributed by atoms with E-state index in [2.05, 4.69) is 202 Å². The molecule has 0 N–H and O–H groups in total. The van der Waals surface area contributed by atoms with Gasteiger partial charge in [0.2, 0.25) is 0 Å². The van der Waals surface area contributed by atoms with Gasteiger partial charge in [-0.2, -0.15) is 13.2 Å². The van der Waals surface area contributed by atoms with E-state index in [0.29, 0.717) is 17.0 Å². The molecule has 0 aliphatic rings. The molecule has 0 aliphatic carbocycles. The maximum Gasteiger partial charge on any atom is 0.417 e. The molecule has 408 valence electrons. The minimum Gasteiger partial charge on any atom is -0.309 e. The molecule has 12 aromatic carbocycles. The molecule has 86 heavy (non-hydrogen) atoms. The van der Waals surface area contributed by atoms with Crippen molar-refractivity contribution in [2.75, 3.05) is 0 Å². The van der Waals surface area contributed by atoms with Crippen molar-refractivity contribution in [3.63, 3.8) is 0 Å². The monoisotopic (exact) mass is 1110 g/mol. The van der Waals surface area contributed by atoms with Crippen LogP contribution in [0.2, 0.25) is 0 Å². The van der Waals surface area contributed by atoms with E-state index in [9.17, 15) is 13.2 Å². The summed E-state index contributed by atoms with van der Waals surface area (Å²) in [5.41, 5.74) is 17.6. The van der Waals surface area contributed by atoms with Gasteiger partial charge in [0.15, 0.2) is 5.82 Å². The second-order valence-electron chi connectivity index (χ2n) is 22.1. The molecule has 4 aromatic heterocycles. The lowest BCUT2D eigenvalue weighted by molar-refractivity contribution is -0.137. The van der Waals surface area contributed by atoms with Crippen molar-refractivity contribution >= 4 is 65.4 Å². The zero-order chi connectivity index (χ0) is 57.6. The molecule has 0 radical (unpaired) electrons. The summed E-state index contributed by atoms with van der Waals surface area (Å²) in [5.74, 6) is 0.598. The number of nitrogens with zero attached hydrogens (tertiary/aromatic N) is 5. The largest absolute Gasteiger partial charge is 0.417 e. The summed E-state index contributed by atoms with van der Waals surface area (Å²) in [5, 5.41) is 6.45. The number of hydrogen-bond acceptors (Lipinski definition) is 2. The maximum atomic E-state index is 15.0. The van der Waals surface area contributed by atoms with Gasteiger partial charge in [-0.3, -0.25) is 0 Å². The highest BCUT2D eigenvalue weighted by molar-refractivity contribution is 6.13. The first-order chi connectivity index (χ1) is 42.2. The fourth-order valence-electron chi connectivity index (χ4n) is 13.0. The maximum absolute atomic E-state index is 15.0. The van der Waals surface area contributed by atoms with Gasteiger partial charge in [0.25, 0.3) is 0 Å². The van der Waals surface area contributed by atoms with Crippen LogP contribution in [0.4, 0.5) is 13.2 Å². The fourth-order valence-corrected chi connectivity index (χ4v) is 13.0. The molecule has 8 heteroatoms. The van der Waals surface area contributed by atoms with Gasteiger partial charge in [-0.25, -0.2) is 9.97 Å². The third kappa shape index (κ3) is 8.40. The minimum absolute atomic E-state index is 0.133. The molecule has 0 spiro atoms. The van der Waals surface area contributed by atoms with Crippen molar-refractivity contribution in [1.82, 2.24) is 23.7 Å². The zero-order valence-corrected chi connectivity index (χ0v) is 46.5. The molecule has 5 nitrogen and oxygen atoms in total. The van der Waals surface area contributed by atoms with Gasteiger partial charge < -0.3 is 13.7 Å². The van der Waals surface area contributed by atoms with Crippen molar-refractivity contribution in [2.24, 2.45) is 0 Å². The highest BCUT2D eigenvalue weighted by Crippen LogP contribution is 2.47. The molecular weight excluding hydrogens is 1060 g/mol. The van der Waals surface area contributed by atoms with Gasteiger partial charge in [-0.1, -0.05) is 200 Å². The second kappa shape index (κ2) is 20.1. The van der Waals surface area contributed by atoms with Crippen molar-refractivity contribution in [3.05, 3.63) is 296 Å². The first-order valence-electron chi connectivity index (χ1n) is 28.8. The summed E-state index contributed by atoms with van der Waals surface area (Å²) in [6.07, 6.45) is -4.56. The Kier molecular flexibility index (Phi) is 11.8. The van der Waals surface area contributed by atoms with Crippen LogP contribution >= 0.6 is 0 Å². The molecule has 0 amide bonds. The zero-order valence-electron chi connectivity index (χ0n) is 46.5. The number of alkyl halides is 3. The van der Waals surface area contributed by atoms with Crippen LogP contribution < -0.4 is 0 Å². The van der Waals surface area contributed by atoms with Crippen LogP contribution in [-0.4, -0.2) is 23.7 Å². The molecule has 0 fully saturated rings. The highest BCUT2D eigenvalue weighted by atomic mass is 19.4. The fraction of sp³-hybridized carbons (Fsp3) is 0.0256. The topological polar surface area (TPSA) is 40.6 Å². The van der Waals surface area contributed by atoms with Gasteiger partial charge in [-0.15, -0.1) is 0 Å². The van der Waals surface area contributed by atoms with E-state index < -0.39 is 11.7 Å². The third-order valence-corrected chi connectivity index (χ3v) is 17.0. The van der Waals surface area contributed by atoms with Crippen LogP contribution in [0.15, 0.2) is 285 Å². The number of rotatable bonds is 9. The quantitative estimate of drug-likeness (QED) is 0.145. The Hall–Kier alpha value is -11.1. The molecule has 0 aliphatic heterocycles. The lowest BCUT2D eigenvalue weighted by Gasteiger charge is -2.22. The predicted octanol–water partition coefficient (Wildman–Crippen LogP) is 21.1. The molecule has 0 bridgehead atoms. The summed E-state index contributed by atoms with van der Waals surface area (Å²) in [6, 6.07) is 97.3. The number of aryl methyl sites for hydroxylation is 1. The first kappa shape index (κ1) is 50.6. The van der Waals surface area contributed by atoms with Crippen molar-refractivity contribution < 1.29 is 13.2 Å². The van der Waals surface area contributed by atoms with Gasteiger partial charge in [0.1, 0.15) is 0 Å². The Labute approximate surface area is 493 Å². The Balaban J connectivity index is 0.995. The van der Waals surface area contributed by atoms with Crippen LogP contribution in [0.5, 0.6) is 0 Å². The van der Waals surface area contributed by atoms with Gasteiger partial charge in [0, 0.05) is 71.5 Å². The SMILES string of the molecule is Cc1ccc(-c2ccc3c(c2)c2ccccc2n3-c2c(-c3ccc(-n4c5ccccc5c5ccccc54)cc3)cc(-c3cc(-c4ccccc4)nc(-c4ccccc4)n3)cc2-c2ccc(-n3c4ccccc4c4ccccc43)cc2)c(C(F)(F)F)c1. The second-order valence-corrected chi connectivity index (χ2v) is 22.1. The number of benzene rings is 12. The van der Waals surface area contributed by atoms with Crippen LogP contribution in [0.3, 0.4) is 0 Å². The number of halogens is 3. The summed E-state index contributed by atoms with van der Waals surface area (Å²) in [6.45, 7) is 1.70. The normalized spacial score (nSPS) is 12.0. The Bertz CT molecular complexity index is 4980. The Morgan fingerprint density at radius 2 is 0.686 bits per heavy atom. The Morgan fingerprint density at radius 3 is 1.16 bits per heavy atom. The molecule has 0 atom stereocenters. The van der Waals surface area contributed by atoms with E-state index >= 15 is 0 Å². The molecule has 0 saturated carbocycles. The number of fused-ring (bicyclic) bond motifs is 9. The summed E-state index contributed by atoms with van der Waals surface area (Å²) < 4.78 is 51.9. The van der Waals surface area contributed by atoms with Gasteiger partial charge in [-0.05, 0) is 120 Å². The number of aromatic nitrogens is 5. The number of para-hydroxylation sites is 5. The van der Waals surface area contributed by atoms with E-state index in [-0.39, 0.29) is 5.56 Å². The Morgan fingerprint density at radius 1 is 0.291 bits per heavy atom. The standard InChI is InChI=1S/C78H50F3N5/c1-49-32-42-58(67(44-49)78(79,80)81)54-37-43-75-66(45-54)63-26-12-17-31-74(63)86(75)76-64(50-33-38-56(39-34-50)84-70-27-13-8-22-59(70)60-23-9-14-28-71(60)84)46-55(69-48-68(52-18-4-2-5-19-52)82-77(83-69)53-20-6-3-7-21-53)47-65(76)51-35-40-57(41-36-51)85-72-29-15-10-24-61(72)62-25-11-16-30-73(62)85/h2-48H,1H3. The van der Waals surface area contributed by atoms with Crippen LogP contribution in [0, 0.1) is 6.92 Å². The van der Waals surface area contributed by atoms with E-state index in [4.69, 9.17) is 9.97 Å². The molecule has 0 unspecified atom stereocenters. The summed E-state index contributed by atoms with van der Waals surface area (Å²) >= 11 is 0. The lowest BCUT2D eigenvalue weighted by atomic mass is 9.91. The van der Waals surface area contributed by atoms with Crippen molar-refractivity contribution in [2.45, 2.75) is 13.1 Å². The van der Waals surface area contributed by atoms with E-state index in [0.717, 1.165) is 111 Å². The van der Waals surface area contributed by atoms with Crippen molar-refractivity contribution in [3.8, 4) is 84.3 Å². The van der Waals surface area contributed by atoms with Crippen LogP contribution in [0.1, 0.15) is 11.1 Å². The molecule has 0 saturated heterocycles. The lowest BCUT2D eigenvalue weighted by Crippen LogP contribution is -2.07. The third-order valence-electron chi connectivity index (χ3n) is 17.0.